The van der Waals surface area contributed by atoms with E-state index in [0.29, 0.717) is 11.3 Å². The molecule has 0 aliphatic rings. The van der Waals surface area contributed by atoms with Gasteiger partial charge in [0.2, 0.25) is 0 Å². The number of rotatable bonds is 5. The van der Waals surface area contributed by atoms with Crippen molar-refractivity contribution in [2.45, 2.75) is 19.8 Å². The summed E-state index contributed by atoms with van der Waals surface area (Å²) in [6, 6.07) is 7.01. The van der Waals surface area contributed by atoms with E-state index in [4.69, 9.17) is 15.9 Å². The molecule has 0 aliphatic carbocycles. The Morgan fingerprint density at radius 2 is 2.37 bits per heavy atom. The molecule has 0 amide bonds. The molecule has 0 aliphatic heterocycles. The first-order chi connectivity index (χ1) is 9.08. The number of carboxylic acid groups (broad SMARTS) is 1. The molecule has 0 aromatic heterocycles. The zero-order valence-corrected chi connectivity index (χ0v) is 10.4. The second kappa shape index (κ2) is 6.84. The maximum atomic E-state index is 11.0. The Balaban J connectivity index is 3.14. The summed E-state index contributed by atoms with van der Waals surface area (Å²) in [4.78, 5) is 13.7. The van der Waals surface area contributed by atoms with Crippen molar-refractivity contribution in [3.63, 3.8) is 0 Å². The summed E-state index contributed by atoms with van der Waals surface area (Å²) < 4.78 is 0. The Bertz CT molecular complexity index is 608. The van der Waals surface area contributed by atoms with Crippen LogP contribution in [0.3, 0.4) is 0 Å². The van der Waals surface area contributed by atoms with Crippen LogP contribution in [-0.2, 0) is 4.79 Å². The predicted octanol–water partition coefficient (Wildman–Crippen LogP) is 3.71. The van der Waals surface area contributed by atoms with E-state index in [1.807, 2.05) is 6.07 Å². The van der Waals surface area contributed by atoms with E-state index in [9.17, 15) is 4.79 Å². The van der Waals surface area contributed by atoms with E-state index >= 15 is 0 Å². The van der Waals surface area contributed by atoms with Gasteiger partial charge in [-0.3, -0.25) is 0 Å². The van der Waals surface area contributed by atoms with Crippen LogP contribution in [0.2, 0.25) is 0 Å². The molecular weight excluding hydrogens is 244 g/mol. The van der Waals surface area contributed by atoms with Gasteiger partial charge < -0.3 is 5.11 Å². The molecule has 6 nitrogen and oxygen atoms in total. The molecule has 1 aromatic rings. The van der Waals surface area contributed by atoms with Crippen LogP contribution in [0.1, 0.15) is 24.0 Å². The molecule has 0 saturated heterocycles. The van der Waals surface area contributed by atoms with Crippen molar-refractivity contribution in [1.82, 2.24) is 0 Å². The number of aliphatic carboxylic acids is 1. The van der Waals surface area contributed by atoms with Crippen LogP contribution in [0.15, 0.2) is 28.9 Å². The average Bonchev–Trinajstić information content (AvgIpc) is 2.38. The fraction of sp³-hybridized carbons (Fsp3) is 0.231. The number of carboxylic acids is 1. The highest BCUT2D eigenvalue weighted by Gasteiger charge is 2.07. The number of carbonyl (C=O) groups is 1. The second-order valence-corrected chi connectivity index (χ2v) is 3.87. The van der Waals surface area contributed by atoms with Gasteiger partial charge in [-0.1, -0.05) is 17.2 Å². The van der Waals surface area contributed by atoms with Crippen molar-refractivity contribution in [2.75, 3.05) is 0 Å². The Morgan fingerprint density at radius 3 is 2.95 bits per heavy atom. The van der Waals surface area contributed by atoms with Gasteiger partial charge in [0.25, 0.3) is 0 Å². The van der Waals surface area contributed by atoms with Crippen molar-refractivity contribution >= 4 is 17.7 Å². The third-order valence-electron chi connectivity index (χ3n) is 2.51. The van der Waals surface area contributed by atoms with Crippen molar-refractivity contribution < 1.29 is 9.90 Å². The molecule has 0 spiro atoms. The largest absolute Gasteiger partial charge is 0.478 e. The third-order valence-corrected chi connectivity index (χ3v) is 2.51. The molecule has 0 fully saturated rings. The Morgan fingerprint density at radius 1 is 1.63 bits per heavy atom. The quantitative estimate of drug-likeness (QED) is 0.375. The molecule has 0 saturated carbocycles. The molecular formula is C13H12N4O2. The maximum Gasteiger partial charge on any atom is 0.331 e. The van der Waals surface area contributed by atoms with E-state index < -0.39 is 5.97 Å². The number of nitrogens with zero attached hydrogens (tertiary/aromatic N) is 4. The smallest absolute Gasteiger partial charge is 0.331 e. The van der Waals surface area contributed by atoms with Crippen LogP contribution < -0.4 is 0 Å². The first kappa shape index (κ1) is 14.3. The first-order valence-electron chi connectivity index (χ1n) is 5.55. The molecule has 96 valence electrons. The Kier molecular flexibility index (Phi) is 5.15. The molecule has 6 heteroatoms. The lowest BCUT2D eigenvalue weighted by Gasteiger charge is -2.03. The number of aryl methyl sites for hydroxylation is 1. The van der Waals surface area contributed by atoms with Gasteiger partial charge >= 0.3 is 5.97 Å². The zero-order chi connectivity index (χ0) is 14.3. The fourth-order valence-corrected chi connectivity index (χ4v) is 1.50. The van der Waals surface area contributed by atoms with Crippen LogP contribution in [-0.4, -0.2) is 11.1 Å². The minimum atomic E-state index is -1.05. The van der Waals surface area contributed by atoms with Gasteiger partial charge in [0.15, 0.2) is 0 Å². The molecule has 1 aromatic carbocycles. The van der Waals surface area contributed by atoms with Crippen molar-refractivity contribution in [3.8, 4) is 6.07 Å². The highest BCUT2D eigenvalue weighted by atomic mass is 16.4. The molecule has 0 unspecified atom stereocenters. The third kappa shape index (κ3) is 4.19. The molecule has 1 rings (SSSR count). The normalized spacial score (nSPS) is 10.4. The Hall–Kier alpha value is -2.77. The summed E-state index contributed by atoms with van der Waals surface area (Å²) in [7, 11) is 0. The van der Waals surface area contributed by atoms with E-state index in [-0.39, 0.29) is 18.4 Å². The SMILES string of the molecule is Cc1ccc(C=C(CCC#N)C(=O)O)cc1N=[N+]=[N-]. The second-order valence-electron chi connectivity index (χ2n) is 3.87. The summed E-state index contributed by atoms with van der Waals surface area (Å²) in [5.41, 5.74) is 10.5. The standard InChI is InChI=1S/C13H12N4O2/c1-9-4-5-10(8-12(9)16-17-15)7-11(13(18)19)3-2-6-14/h4-5,7-8H,2-3H2,1H3,(H,18,19). The van der Waals surface area contributed by atoms with Crippen LogP contribution in [0, 0.1) is 18.3 Å². The van der Waals surface area contributed by atoms with Gasteiger partial charge in [-0.05, 0) is 42.1 Å². The van der Waals surface area contributed by atoms with E-state index in [2.05, 4.69) is 10.0 Å². The minimum absolute atomic E-state index is 0.146. The minimum Gasteiger partial charge on any atom is -0.478 e. The number of azide groups is 1. The van der Waals surface area contributed by atoms with Crippen LogP contribution in [0.4, 0.5) is 5.69 Å². The number of benzene rings is 1. The first-order valence-corrected chi connectivity index (χ1v) is 5.55. The predicted molar refractivity (Wildman–Crippen MR) is 70.4 cm³/mol. The summed E-state index contributed by atoms with van der Waals surface area (Å²) >= 11 is 0. The highest BCUT2D eigenvalue weighted by molar-refractivity contribution is 5.92. The zero-order valence-electron chi connectivity index (χ0n) is 10.4. The molecule has 19 heavy (non-hydrogen) atoms. The monoisotopic (exact) mass is 256 g/mol. The summed E-state index contributed by atoms with van der Waals surface area (Å²) in [5, 5.41) is 21.0. The molecule has 0 bridgehead atoms. The van der Waals surface area contributed by atoms with Crippen LogP contribution >= 0.6 is 0 Å². The molecule has 0 radical (unpaired) electrons. The van der Waals surface area contributed by atoms with E-state index in [0.717, 1.165) is 5.56 Å². The molecule has 0 atom stereocenters. The van der Waals surface area contributed by atoms with Crippen molar-refractivity contribution in [2.24, 2.45) is 5.11 Å². The number of hydrogen-bond acceptors (Lipinski definition) is 3. The van der Waals surface area contributed by atoms with Gasteiger partial charge in [0, 0.05) is 22.6 Å². The van der Waals surface area contributed by atoms with Gasteiger partial charge in [-0.15, -0.1) is 0 Å². The topological polar surface area (TPSA) is 110 Å². The van der Waals surface area contributed by atoms with Crippen molar-refractivity contribution in [1.29, 1.82) is 5.26 Å². The summed E-state index contributed by atoms with van der Waals surface area (Å²) in [6.45, 7) is 1.80. The van der Waals surface area contributed by atoms with Gasteiger partial charge in [-0.2, -0.15) is 5.26 Å². The van der Waals surface area contributed by atoms with Crippen LogP contribution in [0.5, 0.6) is 0 Å². The lowest BCUT2D eigenvalue weighted by molar-refractivity contribution is -0.132. The lowest BCUT2D eigenvalue weighted by atomic mass is 10.0. The maximum absolute atomic E-state index is 11.0. The summed E-state index contributed by atoms with van der Waals surface area (Å²) in [5.74, 6) is -1.05. The van der Waals surface area contributed by atoms with Crippen LogP contribution in [0.25, 0.3) is 16.5 Å². The molecule has 0 heterocycles. The number of hydrogen-bond donors (Lipinski definition) is 1. The van der Waals surface area contributed by atoms with E-state index in [1.54, 1.807) is 25.1 Å². The van der Waals surface area contributed by atoms with E-state index in [1.165, 1.54) is 6.08 Å². The molecule has 1 N–H and O–H groups in total. The average molecular weight is 256 g/mol. The van der Waals surface area contributed by atoms with Gasteiger partial charge in [-0.25, -0.2) is 4.79 Å². The summed E-state index contributed by atoms with van der Waals surface area (Å²) in [6.07, 6.45) is 1.80. The van der Waals surface area contributed by atoms with Crippen molar-refractivity contribution in [3.05, 3.63) is 45.3 Å². The van der Waals surface area contributed by atoms with Gasteiger partial charge in [0.1, 0.15) is 0 Å². The number of nitriles is 1. The highest BCUT2D eigenvalue weighted by Crippen LogP contribution is 2.22. The Labute approximate surface area is 110 Å². The van der Waals surface area contributed by atoms with Gasteiger partial charge in [0.05, 0.1) is 6.07 Å². The lowest BCUT2D eigenvalue weighted by Crippen LogP contribution is -2.00. The fourth-order valence-electron chi connectivity index (χ4n) is 1.50.